The molecule has 1 heterocycles. The molecular formula is C12H9NO4S3. The lowest BCUT2D eigenvalue weighted by Gasteiger charge is -2.03. The minimum atomic E-state index is -3.72. The third-order valence-electron chi connectivity index (χ3n) is 2.52. The number of sulfone groups is 2. The maximum atomic E-state index is 12.3. The number of nitriles is 1. The van der Waals surface area contributed by atoms with Crippen molar-refractivity contribution in [3.63, 3.8) is 0 Å². The van der Waals surface area contributed by atoms with Gasteiger partial charge in [0.05, 0.1) is 9.79 Å². The van der Waals surface area contributed by atoms with Gasteiger partial charge in [0, 0.05) is 6.26 Å². The summed E-state index contributed by atoms with van der Waals surface area (Å²) >= 11 is 0.877. The molecule has 0 aliphatic carbocycles. The maximum Gasteiger partial charge on any atom is 0.215 e. The summed E-state index contributed by atoms with van der Waals surface area (Å²) in [6.45, 7) is 0. The van der Waals surface area contributed by atoms with Crippen LogP contribution in [0.25, 0.3) is 0 Å². The van der Waals surface area contributed by atoms with E-state index in [0.29, 0.717) is 4.88 Å². The van der Waals surface area contributed by atoms with Gasteiger partial charge in [-0.1, -0.05) is 0 Å². The van der Waals surface area contributed by atoms with Crippen molar-refractivity contribution in [3.8, 4) is 6.07 Å². The quantitative estimate of drug-likeness (QED) is 0.858. The van der Waals surface area contributed by atoms with Crippen LogP contribution in [0.1, 0.15) is 4.88 Å². The van der Waals surface area contributed by atoms with Gasteiger partial charge in [-0.25, -0.2) is 16.8 Å². The van der Waals surface area contributed by atoms with Crippen molar-refractivity contribution >= 4 is 31.0 Å². The van der Waals surface area contributed by atoms with E-state index in [9.17, 15) is 16.8 Å². The first-order valence-electron chi connectivity index (χ1n) is 5.30. The molecule has 0 fully saturated rings. The predicted octanol–water partition coefficient (Wildman–Crippen LogP) is 1.86. The largest absolute Gasteiger partial charge is 0.224 e. The molecule has 0 unspecified atom stereocenters. The molecule has 0 bridgehead atoms. The fourth-order valence-electron chi connectivity index (χ4n) is 1.51. The standard InChI is InChI=1S/C12H9NO4S3/c1-19(14,15)10-3-5-11(6-4-10)20(16,17)12-7-2-9(8-13)18-12/h2-7H,1H3. The third kappa shape index (κ3) is 2.75. The van der Waals surface area contributed by atoms with Crippen molar-refractivity contribution in [3.05, 3.63) is 41.3 Å². The van der Waals surface area contributed by atoms with Gasteiger partial charge in [-0.2, -0.15) is 5.26 Å². The van der Waals surface area contributed by atoms with Crippen molar-refractivity contribution in [2.24, 2.45) is 0 Å². The molecule has 2 aromatic rings. The average Bonchev–Trinajstić information content (AvgIpc) is 2.87. The summed E-state index contributed by atoms with van der Waals surface area (Å²) in [7, 11) is -7.08. The fourth-order valence-corrected chi connectivity index (χ4v) is 4.64. The molecule has 20 heavy (non-hydrogen) atoms. The van der Waals surface area contributed by atoms with E-state index in [0.717, 1.165) is 17.6 Å². The molecule has 0 spiro atoms. The van der Waals surface area contributed by atoms with Gasteiger partial charge in [0.1, 0.15) is 15.2 Å². The van der Waals surface area contributed by atoms with Crippen LogP contribution < -0.4 is 0 Å². The summed E-state index contributed by atoms with van der Waals surface area (Å²) in [4.78, 5) is 0.355. The van der Waals surface area contributed by atoms with Crippen molar-refractivity contribution in [2.45, 2.75) is 14.0 Å². The van der Waals surface area contributed by atoms with Crippen molar-refractivity contribution < 1.29 is 16.8 Å². The summed E-state index contributed by atoms with van der Waals surface area (Å²) in [5.41, 5.74) is 0. The Labute approximate surface area is 121 Å². The van der Waals surface area contributed by atoms with Crippen LogP contribution in [0.3, 0.4) is 0 Å². The van der Waals surface area contributed by atoms with E-state index in [1.54, 1.807) is 0 Å². The minimum Gasteiger partial charge on any atom is -0.224 e. The van der Waals surface area contributed by atoms with E-state index >= 15 is 0 Å². The van der Waals surface area contributed by atoms with Gasteiger partial charge in [-0.05, 0) is 36.4 Å². The first kappa shape index (κ1) is 14.7. The number of hydrogen-bond acceptors (Lipinski definition) is 6. The maximum absolute atomic E-state index is 12.3. The number of thiophene rings is 1. The van der Waals surface area contributed by atoms with Crippen LogP contribution in [0.4, 0.5) is 0 Å². The van der Waals surface area contributed by atoms with Crippen molar-refractivity contribution in [1.82, 2.24) is 0 Å². The lowest BCUT2D eigenvalue weighted by Crippen LogP contribution is -2.01. The SMILES string of the molecule is CS(=O)(=O)c1ccc(S(=O)(=O)c2ccc(C#N)s2)cc1. The summed E-state index contributed by atoms with van der Waals surface area (Å²) in [6.07, 6.45) is 1.05. The summed E-state index contributed by atoms with van der Waals surface area (Å²) in [5, 5.41) is 8.71. The highest BCUT2D eigenvalue weighted by Gasteiger charge is 2.20. The third-order valence-corrected chi connectivity index (χ3v) is 6.90. The van der Waals surface area contributed by atoms with E-state index in [-0.39, 0.29) is 14.0 Å². The van der Waals surface area contributed by atoms with Crippen LogP contribution >= 0.6 is 11.3 Å². The van der Waals surface area contributed by atoms with Crippen LogP contribution in [-0.4, -0.2) is 23.1 Å². The molecular weight excluding hydrogens is 318 g/mol. The van der Waals surface area contributed by atoms with E-state index in [4.69, 9.17) is 5.26 Å². The summed E-state index contributed by atoms with van der Waals surface area (Å²) in [6, 6.07) is 9.67. The fraction of sp³-hybridized carbons (Fsp3) is 0.0833. The molecule has 0 aliphatic heterocycles. The van der Waals surface area contributed by atoms with E-state index < -0.39 is 19.7 Å². The molecule has 0 saturated carbocycles. The highest BCUT2D eigenvalue weighted by Crippen LogP contribution is 2.28. The number of rotatable bonds is 3. The second-order valence-electron chi connectivity index (χ2n) is 3.98. The highest BCUT2D eigenvalue weighted by atomic mass is 32.2. The Morgan fingerprint density at radius 1 is 0.950 bits per heavy atom. The molecule has 8 heteroatoms. The van der Waals surface area contributed by atoms with E-state index in [1.807, 2.05) is 6.07 Å². The van der Waals surface area contributed by atoms with Crippen LogP contribution in [0.2, 0.25) is 0 Å². The summed E-state index contributed by atoms with van der Waals surface area (Å²) in [5.74, 6) is 0. The molecule has 0 atom stereocenters. The number of nitrogens with zero attached hydrogens (tertiary/aromatic N) is 1. The first-order chi connectivity index (χ1) is 9.25. The Kier molecular flexibility index (Phi) is 3.69. The Morgan fingerprint density at radius 2 is 1.50 bits per heavy atom. The van der Waals surface area contributed by atoms with Gasteiger partial charge >= 0.3 is 0 Å². The van der Waals surface area contributed by atoms with Crippen molar-refractivity contribution in [2.75, 3.05) is 6.26 Å². The Balaban J connectivity index is 2.48. The zero-order chi connectivity index (χ0) is 15.0. The van der Waals surface area contributed by atoms with Gasteiger partial charge in [0.15, 0.2) is 9.84 Å². The first-order valence-corrected chi connectivity index (χ1v) is 9.49. The van der Waals surface area contributed by atoms with Crippen LogP contribution in [0, 0.1) is 11.3 Å². The smallest absolute Gasteiger partial charge is 0.215 e. The van der Waals surface area contributed by atoms with Gasteiger partial charge < -0.3 is 0 Å². The highest BCUT2D eigenvalue weighted by molar-refractivity contribution is 7.93. The zero-order valence-corrected chi connectivity index (χ0v) is 12.7. The van der Waals surface area contributed by atoms with E-state index in [2.05, 4.69) is 0 Å². The van der Waals surface area contributed by atoms with Gasteiger partial charge in [0.25, 0.3) is 0 Å². The van der Waals surface area contributed by atoms with Gasteiger partial charge in [-0.3, -0.25) is 0 Å². The molecule has 0 amide bonds. The lowest BCUT2D eigenvalue weighted by atomic mass is 10.4. The Morgan fingerprint density at radius 3 is 1.95 bits per heavy atom. The monoisotopic (exact) mass is 327 g/mol. The molecule has 1 aromatic heterocycles. The number of hydrogen-bond donors (Lipinski definition) is 0. The average molecular weight is 327 g/mol. The molecule has 104 valence electrons. The molecule has 0 aliphatic rings. The lowest BCUT2D eigenvalue weighted by molar-refractivity contribution is 0.595. The van der Waals surface area contributed by atoms with Crippen molar-refractivity contribution in [1.29, 1.82) is 5.26 Å². The molecule has 2 rings (SSSR count). The Bertz CT molecular complexity index is 885. The zero-order valence-electron chi connectivity index (χ0n) is 10.3. The number of benzene rings is 1. The van der Waals surface area contributed by atoms with Crippen LogP contribution in [0.15, 0.2) is 50.4 Å². The molecule has 5 nitrogen and oxygen atoms in total. The molecule has 0 saturated heterocycles. The predicted molar refractivity (Wildman–Crippen MR) is 74.0 cm³/mol. The van der Waals surface area contributed by atoms with Crippen LogP contribution in [-0.2, 0) is 19.7 Å². The van der Waals surface area contributed by atoms with Gasteiger partial charge in [0.2, 0.25) is 9.84 Å². The van der Waals surface area contributed by atoms with Crippen LogP contribution in [0.5, 0.6) is 0 Å². The topological polar surface area (TPSA) is 92.1 Å². The second-order valence-corrected chi connectivity index (χ2v) is 9.25. The normalized spacial score (nSPS) is 12.0. The van der Waals surface area contributed by atoms with Gasteiger partial charge in [-0.15, -0.1) is 11.3 Å². The van der Waals surface area contributed by atoms with E-state index in [1.165, 1.54) is 36.4 Å². The summed E-state index contributed by atoms with van der Waals surface area (Å²) < 4.78 is 47.3. The molecule has 1 aromatic carbocycles. The Hall–Kier alpha value is -1.69. The molecule has 0 radical (unpaired) electrons. The second kappa shape index (κ2) is 5.01. The molecule has 0 N–H and O–H groups in total. The minimum absolute atomic E-state index is 0.00348.